The molecule has 23 nitrogen and oxygen atoms in total. The molecule has 13 rings (SSSR count). The van der Waals surface area contributed by atoms with Crippen molar-refractivity contribution in [3.8, 4) is 68.0 Å². The molecule has 0 aliphatic carbocycles. The van der Waals surface area contributed by atoms with E-state index in [4.69, 9.17) is 47.4 Å². The van der Waals surface area contributed by atoms with E-state index >= 15 is 0 Å². The van der Waals surface area contributed by atoms with Crippen molar-refractivity contribution >= 4 is 103 Å². The number of rotatable bonds is 46. The molecule has 0 spiro atoms. The number of unbranched alkanes of at least 4 members (excludes halogenated alkanes) is 6. The molecule has 0 bridgehead atoms. The van der Waals surface area contributed by atoms with Crippen molar-refractivity contribution in [2.75, 3.05) is 68.8 Å². The van der Waals surface area contributed by atoms with Crippen LogP contribution in [0.1, 0.15) is 111 Å². The highest BCUT2D eigenvalue weighted by atomic mass is 16.6. The third-order valence-corrected chi connectivity index (χ3v) is 20.4. The number of carbonyl (C=O) groups is 6. The van der Waals surface area contributed by atoms with Crippen molar-refractivity contribution in [1.82, 2.24) is 19.7 Å². The summed E-state index contributed by atoms with van der Waals surface area (Å²) in [5.41, 5.74) is 13.7. The number of aryl methyl sites for hydroxylation is 2. The maximum atomic E-state index is 13.5. The second-order valence-electron chi connectivity index (χ2n) is 29.5. The van der Waals surface area contributed by atoms with Gasteiger partial charge in [0.15, 0.2) is 5.75 Å². The van der Waals surface area contributed by atoms with E-state index in [2.05, 4.69) is 197 Å². The number of fused-ring (bicyclic) bond motifs is 4. The molecule has 3 N–H and O–H groups in total. The lowest BCUT2D eigenvalue weighted by Crippen LogP contribution is -2.11. The second-order valence-corrected chi connectivity index (χ2v) is 29.5. The molecule has 23 heteroatoms. The topological polar surface area (TPSA) is 274 Å². The summed E-state index contributed by atoms with van der Waals surface area (Å²) in [7, 11) is 0. The van der Waals surface area contributed by atoms with Crippen molar-refractivity contribution < 1.29 is 76.1 Å². The summed E-state index contributed by atoms with van der Waals surface area (Å²) in [5, 5.41) is 24.1. The lowest BCUT2D eigenvalue weighted by Gasteiger charge is -2.16. The van der Waals surface area contributed by atoms with Gasteiger partial charge in [-0.2, -0.15) is 10.2 Å². The highest BCUT2D eigenvalue weighted by Crippen LogP contribution is 2.40. The van der Waals surface area contributed by atoms with Crippen LogP contribution >= 0.6 is 0 Å². The Morgan fingerprint density at radius 3 is 1.48 bits per heavy atom. The fourth-order valence-electron chi connectivity index (χ4n) is 13.9. The molecular weight excluding hydrogens is 1600 g/mol. The first-order chi connectivity index (χ1) is 62.1. The Hall–Kier alpha value is -15.1. The van der Waals surface area contributed by atoms with Gasteiger partial charge in [-0.1, -0.05) is 125 Å². The summed E-state index contributed by atoms with van der Waals surface area (Å²) >= 11 is 0. The van der Waals surface area contributed by atoms with Crippen LogP contribution in [0.5, 0.6) is 34.5 Å². The van der Waals surface area contributed by atoms with E-state index in [0.29, 0.717) is 81.2 Å². The van der Waals surface area contributed by atoms with Crippen LogP contribution in [0.3, 0.4) is 0 Å². The van der Waals surface area contributed by atoms with E-state index < -0.39 is 23.9 Å². The van der Waals surface area contributed by atoms with Crippen LogP contribution in [0.25, 0.3) is 66.1 Å². The van der Waals surface area contributed by atoms with Gasteiger partial charge in [-0.05, 0) is 231 Å². The number of hydrogen-bond acceptors (Lipinski definition) is 22. The predicted octanol–water partition coefficient (Wildman–Crippen LogP) is 22.8. The van der Waals surface area contributed by atoms with Gasteiger partial charge in [-0.3, -0.25) is 0 Å². The Morgan fingerprint density at radius 1 is 0.386 bits per heavy atom. The fourth-order valence-corrected chi connectivity index (χ4v) is 13.9. The molecule has 650 valence electrons. The van der Waals surface area contributed by atoms with Gasteiger partial charge in [-0.15, -0.1) is 0 Å². The summed E-state index contributed by atoms with van der Waals surface area (Å²) < 4.78 is 57.6. The molecular formula is C104H103N7O16. The molecule has 0 atom stereocenters. The summed E-state index contributed by atoms with van der Waals surface area (Å²) in [6.07, 6.45) is 18.4. The number of pyridine rings is 1. The molecule has 0 radical (unpaired) electrons. The Bertz CT molecular complexity index is 5950. The number of ether oxygens (including phenoxy) is 10. The monoisotopic (exact) mass is 1710 g/mol. The smallest absolute Gasteiger partial charge is 0.343 e. The van der Waals surface area contributed by atoms with Gasteiger partial charge in [0.25, 0.3) is 0 Å². The van der Waals surface area contributed by atoms with Gasteiger partial charge in [-0.25, -0.2) is 33.8 Å². The van der Waals surface area contributed by atoms with Gasteiger partial charge >= 0.3 is 35.8 Å². The average molecular weight is 1710 g/mol. The SMILES string of the molecule is C=CC(=O)OCCCCCCOc1ccc(-c2ccc(-c3ccc(OCCCCCCOC(=O)C=C)cc3)c(Nc3cnnc(-c4ccc5c(c4)c4ccccc4n5CC)c3)c2)cc1.C=CC(=O)OCCCOc1ccc(C(=O)Oc2ccc(OC(=O)c3ccc(OCCCOC(=O)C=C)cc3)c(Nc3ccnc(Nc4ccc5ccc(CCC)cc5c4)c3)c2)cc1. The van der Waals surface area contributed by atoms with Crippen LogP contribution in [0.2, 0.25) is 0 Å². The first-order valence-corrected chi connectivity index (χ1v) is 42.6. The minimum absolute atomic E-state index is 0.165. The Labute approximate surface area is 739 Å². The van der Waals surface area contributed by atoms with E-state index in [1.807, 2.05) is 36.4 Å². The van der Waals surface area contributed by atoms with Crippen molar-refractivity contribution in [2.45, 2.75) is 97.4 Å². The molecule has 127 heavy (non-hydrogen) atoms. The third-order valence-electron chi connectivity index (χ3n) is 20.4. The van der Waals surface area contributed by atoms with E-state index in [1.54, 1.807) is 73.1 Å². The largest absolute Gasteiger partial charge is 0.494 e. The van der Waals surface area contributed by atoms with Crippen LogP contribution in [-0.2, 0) is 51.1 Å². The van der Waals surface area contributed by atoms with Gasteiger partial charge in [0.2, 0.25) is 0 Å². The quantitative estimate of drug-likeness (QED) is 0.0105. The maximum absolute atomic E-state index is 13.5. The zero-order valence-electron chi connectivity index (χ0n) is 71.4. The number of aromatic nitrogens is 4. The van der Waals surface area contributed by atoms with E-state index in [-0.39, 0.29) is 47.8 Å². The normalized spacial score (nSPS) is 10.8. The number of hydrogen-bond donors (Lipinski definition) is 3. The molecule has 0 aliphatic rings. The van der Waals surface area contributed by atoms with Crippen molar-refractivity contribution in [2.24, 2.45) is 0 Å². The predicted molar refractivity (Wildman–Crippen MR) is 498 cm³/mol. The molecule has 13 aromatic rings. The van der Waals surface area contributed by atoms with Crippen LogP contribution in [0.4, 0.5) is 34.3 Å². The molecule has 0 fully saturated rings. The summed E-state index contributed by atoms with van der Waals surface area (Å²) in [6, 6.07) is 73.7. The van der Waals surface area contributed by atoms with Crippen LogP contribution in [0.15, 0.2) is 294 Å². The van der Waals surface area contributed by atoms with Crippen LogP contribution in [0, 0.1) is 0 Å². The lowest BCUT2D eigenvalue weighted by molar-refractivity contribution is -0.138. The minimum atomic E-state index is -0.638. The Kier molecular flexibility index (Phi) is 34.1. The number of anilines is 6. The van der Waals surface area contributed by atoms with Crippen LogP contribution in [-0.4, -0.2) is 108 Å². The highest BCUT2D eigenvalue weighted by Gasteiger charge is 2.20. The number of nitrogens with one attached hydrogen (secondary N) is 3. The number of nitrogens with zero attached hydrogens (tertiary/aromatic N) is 4. The van der Waals surface area contributed by atoms with E-state index in [9.17, 15) is 28.8 Å². The second kappa shape index (κ2) is 47.5. The van der Waals surface area contributed by atoms with Crippen LogP contribution < -0.4 is 44.4 Å². The molecule has 3 heterocycles. The summed E-state index contributed by atoms with van der Waals surface area (Å²) in [6.45, 7) is 21.8. The molecule has 3 aromatic heterocycles. The molecule has 0 amide bonds. The summed E-state index contributed by atoms with van der Waals surface area (Å²) in [4.78, 5) is 76.1. The average Bonchev–Trinajstić information content (AvgIpc) is 1.61. The molecule has 0 aliphatic heterocycles. The van der Waals surface area contributed by atoms with E-state index in [1.165, 1.54) is 51.7 Å². The fraction of sp³-hybridized carbons (Fsp3) is 0.221. The highest BCUT2D eigenvalue weighted by molar-refractivity contribution is 6.09. The van der Waals surface area contributed by atoms with Gasteiger partial charge in [0.1, 0.15) is 34.6 Å². The molecule has 10 aromatic carbocycles. The summed E-state index contributed by atoms with van der Waals surface area (Å²) in [5.74, 6) is 0.574. The van der Waals surface area contributed by atoms with Gasteiger partial charge < -0.3 is 67.9 Å². The minimum Gasteiger partial charge on any atom is -0.494 e. The van der Waals surface area contributed by atoms with Crippen molar-refractivity contribution in [3.05, 3.63) is 310 Å². The van der Waals surface area contributed by atoms with Crippen molar-refractivity contribution in [1.29, 1.82) is 0 Å². The molecule has 0 unspecified atom stereocenters. The Balaban J connectivity index is 0.000000231. The standard InChI is InChI=1S/C54H56N4O6.C50H47N3O10/c1-4-53(59)63-33-15-9-7-13-31-61-44-25-19-39(20-26-44)41-23-29-46(40-21-27-45(28-22-40)62-32-14-8-10-16-34-64-54(60)5-2)50(36-41)56-43-37-49(57-55-38-43)42-24-30-52-48(35-42)47-17-11-12-18-51(47)58(52)6-3;1-4-9-34-10-11-35-12-17-39(31-38(35)30-34)53-46-32-40(24-25-51-46)52-44-33-43(62-49(56)36-13-18-41(19-14-36)58-26-7-28-60-47(54)5-2)22-23-45(44)63-50(57)37-15-20-42(21-16-37)59-27-8-29-61-48(55)6-3/h4-5,11-12,17-30,35-38H,1-2,6-10,13-16,31-34H2,3H3,(H,56,57);5-6,10-25,30-33H,2-4,7-9,26-29H2,1H3,(H2,51,52,53). The third kappa shape index (κ3) is 27.2. The molecule has 0 saturated heterocycles. The van der Waals surface area contributed by atoms with E-state index in [0.717, 1.165) is 156 Å². The van der Waals surface area contributed by atoms with Gasteiger partial charge in [0, 0.05) is 112 Å². The first kappa shape index (κ1) is 91.1. The molecule has 0 saturated carbocycles. The number of para-hydroxylation sites is 1. The first-order valence-electron chi connectivity index (χ1n) is 42.6. The number of benzene rings is 10. The zero-order chi connectivity index (χ0) is 88.9. The lowest BCUT2D eigenvalue weighted by atomic mass is 9.97. The maximum Gasteiger partial charge on any atom is 0.343 e. The van der Waals surface area contributed by atoms with Gasteiger partial charge in [0.05, 0.1) is 87.2 Å². The zero-order valence-corrected chi connectivity index (χ0v) is 71.4. The Morgan fingerprint density at radius 2 is 0.890 bits per heavy atom. The number of esters is 6. The van der Waals surface area contributed by atoms with Crippen molar-refractivity contribution in [3.63, 3.8) is 0 Å². The number of carbonyl (C=O) groups excluding carboxylic acids is 6.